The van der Waals surface area contributed by atoms with E-state index in [0.717, 1.165) is 44.1 Å². The number of fused-ring (bicyclic) bond motifs is 1. The number of likely N-dealkylation sites (tertiary alicyclic amines) is 1. The molecule has 0 amide bonds. The quantitative estimate of drug-likeness (QED) is 0.214. The van der Waals surface area contributed by atoms with Gasteiger partial charge in [0.25, 0.3) is 0 Å². The number of rotatable bonds is 9. The van der Waals surface area contributed by atoms with Crippen LogP contribution in [0.1, 0.15) is 60.5 Å². The first kappa shape index (κ1) is 25.5. The van der Waals surface area contributed by atoms with E-state index < -0.39 is 0 Å². The molecule has 0 N–H and O–H groups in total. The van der Waals surface area contributed by atoms with Crippen LogP contribution in [0.15, 0.2) is 66.7 Å². The number of carbonyl (C=O) groups excluding carboxylic acids is 1. The topological polar surface area (TPSA) is 38.8 Å². The number of benzene rings is 3. The first-order valence-electron chi connectivity index (χ1n) is 13.2. The van der Waals surface area contributed by atoms with Gasteiger partial charge in [0.05, 0.1) is 7.11 Å². The van der Waals surface area contributed by atoms with Crippen LogP contribution < -0.4 is 9.47 Å². The van der Waals surface area contributed by atoms with Crippen molar-refractivity contribution in [3.63, 3.8) is 0 Å². The van der Waals surface area contributed by atoms with Crippen molar-refractivity contribution in [2.75, 3.05) is 33.4 Å². The molecule has 0 radical (unpaired) electrons. The normalized spacial score (nSPS) is 14.3. The summed E-state index contributed by atoms with van der Waals surface area (Å²) in [7, 11) is 1.67. The summed E-state index contributed by atoms with van der Waals surface area (Å²) >= 11 is 1.64. The molecule has 5 rings (SSSR count). The van der Waals surface area contributed by atoms with Crippen LogP contribution in [0.25, 0.3) is 20.5 Å². The summed E-state index contributed by atoms with van der Waals surface area (Å²) in [5.74, 6) is 2.08. The Hall–Kier alpha value is -3.15. The summed E-state index contributed by atoms with van der Waals surface area (Å²) in [5, 5.41) is 0.959. The van der Waals surface area contributed by atoms with Crippen molar-refractivity contribution >= 4 is 27.2 Å². The molecule has 0 unspecified atom stereocenters. The van der Waals surface area contributed by atoms with Gasteiger partial charge in [0, 0.05) is 32.6 Å². The number of carbonyl (C=O) groups is 1. The van der Waals surface area contributed by atoms with Gasteiger partial charge in [0.15, 0.2) is 5.78 Å². The lowest BCUT2D eigenvalue weighted by atomic mass is 9.96. The van der Waals surface area contributed by atoms with Crippen LogP contribution in [0, 0.1) is 0 Å². The van der Waals surface area contributed by atoms with E-state index in [1.54, 1.807) is 18.4 Å². The minimum absolute atomic E-state index is 0.0271. The highest BCUT2D eigenvalue weighted by atomic mass is 32.1. The second-order valence-corrected chi connectivity index (χ2v) is 11.1. The smallest absolute Gasteiger partial charge is 0.195 e. The van der Waals surface area contributed by atoms with E-state index in [1.165, 1.54) is 37.9 Å². The number of thiophene rings is 1. The summed E-state index contributed by atoms with van der Waals surface area (Å²) in [6, 6.07) is 22.1. The van der Waals surface area contributed by atoms with E-state index in [4.69, 9.17) is 9.47 Å². The van der Waals surface area contributed by atoms with E-state index in [0.29, 0.717) is 18.1 Å². The van der Waals surface area contributed by atoms with Crippen LogP contribution in [0.4, 0.5) is 0 Å². The average molecular weight is 514 g/mol. The van der Waals surface area contributed by atoms with Crippen LogP contribution in [0.3, 0.4) is 0 Å². The van der Waals surface area contributed by atoms with Gasteiger partial charge in [-0.2, -0.15) is 0 Å². The van der Waals surface area contributed by atoms with Crippen LogP contribution >= 0.6 is 11.3 Å². The number of hydrogen-bond donors (Lipinski definition) is 0. The fourth-order valence-electron chi connectivity index (χ4n) is 4.97. The van der Waals surface area contributed by atoms with E-state index in [9.17, 15) is 4.79 Å². The van der Waals surface area contributed by atoms with Crippen LogP contribution in [0.5, 0.6) is 11.5 Å². The highest BCUT2D eigenvalue weighted by Crippen LogP contribution is 2.41. The highest BCUT2D eigenvalue weighted by molar-refractivity contribution is 7.22. The van der Waals surface area contributed by atoms with E-state index >= 15 is 0 Å². The number of hydrogen-bond acceptors (Lipinski definition) is 5. The molecule has 5 heteroatoms. The molecule has 0 atom stereocenters. The molecule has 4 aromatic rings. The second-order valence-electron chi connectivity index (χ2n) is 10.0. The maximum atomic E-state index is 13.9. The van der Waals surface area contributed by atoms with Crippen molar-refractivity contribution in [2.24, 2.45) is 0 Å². The Morgan fingerprint density at radius 2 is 1.62 bits per heavy atom. The Morgan fingerprint density at radius 1 is 0.919 bits per heavy atom. The fourth-order valence-corrected chi connectivity index (χ4v) is 6.21. The van der Waals surface area contributed by atoms with Crippen LogP contribution in [-0.2, 0) is 0 Å². The molecule has 0 bridgehead atoms. The molecule has 1 aliphatic rings. The SMILES string of the molecule is COc1ccc2c(C(=O)c3ccc(OCCN4CCCCC4)cc3)c(-c3ccc(C(C)C)cc3)sc2c1. The number of nitrogens with zero attached hydrogens (tertiary/aromatic N) is 1. The molecule has 192 valence electrons. The molecule has 2 heterocycles. The molecule has 1 aromatic heterocycles. The monoisotopic (exact) mass is 513 g/mol. The largest absolute Gasteiger partial charge is 0.497 e. The van der Waals surface area contributed by atoms with Gasteiger partial charge in [-0.15, -0.1) is 11.3 Å². The molecule has 1 saturated heterocycles. The summed E-state index contributed by atoms with van der Waals surface area (Å²) in [6.45, 7) is 8.33. The zero-order chi connectivity index (χ0) is 25.8. The number of methoxy groups -OCH3 is 1. The van der Waals surface area contributed by atoms with Gasteiger partial charge in [0.1, 0.15) is 18.1 Å². The maximum absolute atomic E-state index is 13.9. The lowest BCUT2D eigenvalue weighted by Gasteiger charge is -2.26. The zero-order valence-electron chi connectivity index (χ0n) is 22.0. The first-order chi connectivity index (χ1) is 18.0. The van der Waals surface area contributed by atoms with Crippen molar-refractivity contribution in [2.45, 2.75) is 39.0 Å². The molecule has 4 nitrogen and oxygen atoms in total. The summed E-state index contributed by atoms with van der Waals surface area (Å²) in [4.78, 5) is 17.4. The van der Waals surface area contributed by atoms with Crippen molar-refractivity contribution in [3.8, 4) is 21.9 Å². The Morgan fingerprint density at radius 3 is 2.30 bits per heavy atom. The predicted molar refractivity (Wildman–Crippen MR) is 154 cm³/mol. The Bertz CT molecular complexity index is 1350. The predicted octanol–water partition coefficient (Wildman–Crippen LogP) is 7.80. The molecule has 0 spiro atoms. The lowest BCUT2D eigenvalue weighted by molar-refractivity contribution is 0.104. The highest BCUT2D eigenvalue weighted by Gasteiger charge is 2.22. The van der Waals surface area contributed by atoms with E-state index in [2.05, 4.69) is 43.0 Å². The van der Waals surface area contributed by atoms with E-state index in [-0.39, 0.29) is 5.78 Å². The van der Waals surface area contributed by atoms with Crippen molar-refractivity contribution in [1.29, 1.82) is 0 Å². The Balaban J connectivity index is 1.41. The van der Waals surface area contributed by atoms with Gasteiger partial charge in [-0.05, 0) is 85.4 Å². The first-order valence-corrected chi connectivity index (χ1v) is 14.1. The number of ketones is 1. The fraction of sp³-hybridized carbons (Fsp3) is 0.344. The molecule has 3 aromatic carbocycles. The zero-order valence-corrected chi connectivity index (χ0v) is 22.8. The molecular weight excluding hydrogens is 478 g/mol. The second kappa shape index (κ2) is 11.5. The van der Waals surface area contributed by atoms with Gasteiger partial charge in [-0.3, -0.25) is 9.69 Å². The third-order valence-corrected chi connectivity index (χ3v) is 8.41. The van der Waals surface area contributed by atoms with Crippen molar-refractivity contribution < 1.29 is 14.3 Å². The number of ether oxygens (including phenoxy) is 2. The minimum atomic E-state index is 0.0271. The Kier molecular flexibility index (Phi) is 7.92. The van der Waals surface area contributed by atoms with Gasteiger partial charge in [0.2, 0.25) is 0 Å². The van der Waals surface area contributed by atoms with Gasteiger partial charge in [-0.25, -0.2) is 0 Å². The Labute approximate surface area is 223 Å². The maximum Gasteiger partial charge on any atom is 0.195 e. The van der Waals surface area contributed by atoms with Gasteiger partial charge < -0.3 is 9.47 Å². The average Bonchev–Trinajstić information content (AvgIpc) is 3.32. The molecule has 1 fully saturated rings. The van der Waals surface area contributed by atoms with Crippen LogP contribution in [-0.4, -0.2) is 44.0 Å². The summed E-state index contributed by atoms with van der Waals surface area (Å²) in [5.41, 5.74) is 3.76. The third kappa shape index (κ3) is 5.73. The summed E-state index contributed by atoms with van der Waals surface area (Å²) in [6.07, 6.45) is 3.90. The van der Waals surface area contributed by atoms with Gasteiger partial charge in [-0.1, -0.05) is 44.5 Å². The minimum Gasteiger partial charge on any atom is -0.497 e. The lowest BCUT2D eigenvalue weighted by Crippen LogP contribution is -2.33. The molecule has 0 saturated carbocycles. The summed E-state index contributed by atoms with van der Waals surface area (Å²) < 4.78 is 12.5. The third-order valence-electron chi connectivity index (χ3n) is 7.21. The molecule has 1 aliphatic heterocycles. The standard InChI is InChI=1S/C32H35NO3S/c1-22(2)23-7-9-25(10-8-23)32-30(28-16-15-27(35-3)21-29(28)37-32)31(34)24-11-13-26(14-12-24)36-20-19-33-17-5-4-6-18-33/h7-16,21-22H,4-6,17-20H2,1-3H3. The number of piperidine rings is 1. The molecular formula is C32H35NO3S. The van der Waals surface area contributed by atoms with Gasteiger partial charge >= 0.3 is 0 Å². The van der Waals surface area contributed by atoms with Crippen molar-refractivity contribution in [3.05, 3.63) is 83.4 Å². The molecule has 37 heavy (non-hydrogen) atoms. The molecule has 0 aliphatic carbocycles. The van der Waals surface area contributed by atoms with E-state index in [1.807, 2.05) is 42.5 Å². The van der Waals surface area contributed by atoms with Crippen molar-refractivity contribution in [1.82, 2.24) is 4.90 Å². The van der Waals surface area contributed by atoms with Crippen LogP contribution in [0.2, 0.25) is 0 Å².